The summed E-state index contributed by atoms with van der Waals surface area (Å²) >= 11 is 0. The first kappa shape index (κ1) is 15.9. The number of hydrogen-bond donors (Lipinski definition) is 0. The van der Waals surface area contributed by atoms with Crippen molar-refractivity contribution in [2.45, 2.75) is 0 Å². The van der Waals surface area contributed by atoms with Gasteiger partial charge in [0.05, 0.1) is 11.3 Å². The van der Waals surface area contributed by atoms with Gasteiger partial charge in [-0.1, -0.05) is 0 Å². The monoisotopic (exact) mass is 314 g/mol. The fraction of sp³-hybridized carbons (Fsp3) is 0.133. The molecule has 0 N–H and O–H groups in total. The van der Waals surface area contributed by atoms with Crippen LogP contribution in [0, 0.1) is 29.1 Å². The summed E-state index contributed by atoms with van der Waals surface area (Å²) in [6.45, 7) is 0. The molecule has 0 bridgehead atoms. The van der Waals surface area contributed by atoms with Crippen LogP contribution in [-0.2, 0) is 0 Å². The third kappa shape index (κ3) is 2.93. The molecule has 0 heterocycles. The van der Waals surface area contributed by atoms with Gasteiger partial charge in [-0.15, -0.1) is 0 Å². The SMILES string of the molecule is CN(C)c1ccc(N=Cc2c(F)c(F)c(F)c(F)c2F)cc1. The molecule has 2 rings (SSSR count). The van der Waals surface area contributed by atoms with Gasteiger partial charge in [0.15, 0.2) is 23.3 Å². The minimum absolute atomic E-state index is 0.314. The van der Waals surface area contributed by atoms with E-state index in [1.54, 1.807) is 24.3 Å². The van der Waals surface area contributed by atoms with Crippen molar-refractivity contribution >= 4 is 17.6 Å². The Morgan fingerprint density at radius 1 is 0.773 bits per heavy atom. The molecule has 0 aromatic heterocycles. The number of hydrogen-bond acceptors (Lipinski definition) is 2. The number of nitrogens with zero attached hydrogens (tertiary/aromatic N) is 2. The Labute approximate surface area is 123 Å². The first-order valence-electron chi connectivity index (χ1n) is 6.15. The van der Waals surface area contributed by atoms with E-state index in [0.717, 1.165) is 5.69 Å². The van der Waals surface area contributed by atoms with Crippen molar-refractivity contribution < 1.29 is 22.0 Å². The molecule has 2 aromatic rings. The van der Waals surface area contributed by atoms with Gasteiger partial charge in [-0.25, -0.2) is 22.0 Å². The van der Waals surface area contributed by atoms with Crippen LogP contribution < -0.4 is 4.90 Å². The van der Waals surface area contributed by atoms with E-state index in [9.17, 15) is 22.0 Å². The Hall–Kier alpha value is -2.44. The van der Waals surface area contributed by atoms with Gasteiger partial charge < -0.3 is 4.90 Å². The molecule has 0 saturated heterocycles. The Morgan fingerprint density at radius 3 is 1.68 bits per heavy atom. The van der Waals surface area contributed by atoms with E-state index < -0.39 is 34.6 Å². The number of aliphatic imine (C=N–C) groups is 1. The number of benzene rings is 2. The molecule has 0 aliphatic carbocycles. The zero-order valence-corrected chi connectivity index (χ0v) is 11.7. The first-order chi connectivity index (χ1) is 10.3. The van der Waals surface area contributed by atoms with Crippen molar-refractivity contribution in [3.05, 3.63) is 58.9 Å². The van der Waals surface area contributed by atoms with E-state index in [2.05, 4.69) is 4.99 Å². The summed E-state index contributed by atoms with van der Waals surface area (Å²) in [7, 11) is 3.65. The van der Waals surface area contributed by atoms with Gasteiger partial charge in [-0.2, -0.15) is 0 Å². The second-order valence-electron chi connectivity index (χ2n) is 4.65. The smallest absolute Gasteiger partial charge is 0.200 e. The zero-order valence-electron chi connectivity index (χ0n) is 11.7. The average Bonchev–Trinajstić information content (AvgIpc) is 2.51. The van der Waals surface area contributed by atoms with Crippen LogP contribution in [-0.4, -0.2) is 20.3 Å². The van der Waals surface area contributed by atoms with E-state index in [-0.39, 0.29) is 0 Å². The lowest BCUT2D eigenvalue weighted by molar-refractivity contribution is 0.377. The molecule has 0 spiro atoms. The molecule has 2 nitrogen and oxygen atoms in total. The maximum absolute atomic E-state index is 13.5. The Morgan fingerprint density at radius 2 is 1.23 bits per heavy atom. The van der Waals surface area contributed by atoms with Crippen LogP contribution in [0.2, 0.25) is 0 Å². The predicted molar refractivity (Wildman–Crippen MR) is 74.3 cm³/mol. The number of halogens is 5. The summed E-state index contributed by atoms with van der Waals surface area (Å²) in [6.07, 6.45) is 0.612. The molecule has 0 saturated carbocycles. The minimum atomic E-state index is -2.19. The van der Waals surface area contributed by atoms with Gasteiger partial charge in [-0.05, 0) is 24.3 Å². The fourth-order valence-corrected chi connectivity index (χ4v) is 1.71. The zero-order chi connectivity index (χ0) is 16.4. The van der Waals surface area contributed by atoms with Crippen molar-refractivity contribution in [3.8, 4) is 0 Å². The van der Waals surface area contributed by atoms with Gasteiger partial charge in [0.2, 0.25) is 5.82 Å². The molecule has 0 unspecified atom stereocenters. The second kappa shape index (κ2) is 6.13. The highest BCUT2D eigenvalue weighted by atomic mass is 19.2. The van der Waals surface area contributed by atoms with Gasteiger partial charge in [0, 0.05) is 26.0 Å². The summed E-state index contributed by atoms with van der Waals surface area (Å²) in [4.78, 5) is 5.56. The molecular formula is C15H11F5N2. The third-order valence-electron chi connectivity index (χ3n) is 2.95. The highest BCUT2D eigenvalue weighted by molar-refractivity contribution is 5.82. The highest BCUT2D eigenvalue weighted by Crippen LogP contribution is 2.23. The molecule has 0 aliphatic heterocycles. The van der Waals surface area contributed by atoms with Crippen LogP contribution in [0.5, 0.6) is 0 Å². The molecule has 0 atom stereocenters. The largest absolute Gasteiger partial charge is 0.378 e. The number of rotatable bonds is 3. The van der Waals surface area contributed by atoms with Crippen LogP contribution in [0.1, 0.15) is 5.56 Å². The maximum atomic E-state index is 13.5. The van der Waals surface area contributed by atoms with E-state index in [4.69, 9.17) is 0 Å². The molecule has 0 aliphatic rings. The van der Waals surface area contributed by atoms with Gasteiger partial charge in [0.1, 0.15) is 0 Å². The molecule has 0 amide bonds. The summed E-state index contributed by atoms with van der Waals surface area (Å²) in [5.41, 5.74) is 0.109. The molecule has 7 heteroatoms. The quantitative estimate of drug-likeness (QED) is 0.359. The Balaban J connectivity index is 2.38. The van der Waals surface area contributed by atoms with Gasteiger partial charge in [0.25, 0.3) is 0 Å². The maximum Gasteiger partial charge on any atom is 0.200 e. The second-order valence-corrected chi connectivity index (χ2v) is 4.65. The Bertz CT molecular complexity index is 695. The molecular weight excluding hydrogens is 303 g/mol. The van der Waals surface area contributed by atoms with Gasteiger partial charge >= 0.3 is 0 Å². The highest BCUT2D eigenvalue weighted by Gasteiger charge is 2.24. The fourth-order valence-electron chi connectivity index (χ4n) is 1.71. The van der Waals surface area contributed by atoms with E-state index in [0.29, 0.717) is 11.9 Å². The van der Waals surface area contributed by atoms with Crippen LogP contribution in [0.4, 0.5) is 33.3 Å². The molecule has 116 valence electrons. The topological polar surface area (TPSA) is 15.6 Å². The normalized spacial score (nSPS) is 11.2. The summed E-state index contributed by atoms with van der Waals surface area (Å²) in [6, 6.07) is 6.51. The molecule has 2 aromatic carbocycles. The minimum Gasteiger partial charge on any atom is -0.378 e. The lowest BCUT2D eigenvalue weighted by Gasteiger charge is -2.11. The molecule has 0 radical (unpaired) electrons. The lowest BCUT2D eigenvalue weighted by atomic mass is 10.2. The molecule has 0 fully saturated rings. The van der Waals surface area contributed by atoms with Crippen LogP contribution in [0.25, 0.3) is 0 Å². The third-order valence-corrected chi connectivity index (χ3v) is 2.95. The average molecular weight is 314 g/mol. The summed E-state index contributed by atoms with van der Waals surface area (Å²) in [5.74, 6) is -10.0. The van der Waals surface area contributed by atoms with Crippen LogP contribution in [0.3, 0.4) is 0 Å². The van der Waals surface area contributed by atoms with Crippen molar-refractivity contribution in [1.82, 2.24) is 0 Å². The predicted octanol–water partition coefficient (Wildman–Crippen LogP) is 4.20. The van der Waals surface area contributed by atoms with Crippen molar-refractivity contribution in [2.24, 2.45) is 4.99 Å². The summed E-state index contributed by atoms with van der Waals surface area (Å²) < 4.78 is 65.9. The van der Waals surface area contributed by atoms with Crippen molar-refractivity contribution in [3.63, 3.8) is 0 Å². The number of anilines is 1. The van der Waals surface area contributed by atoms with Crippen LogP contribution >= 0.6 is 0 Å². The Kier molecular flexibility index (Phi) is 4.44. The van der Waals surface area contributed by atoms with Crippen LogP contribution in [0.15, 0.2) is 29.3 Å². The van der Waals surface area contributed by atoms with Crippen molar-refractivity contribution in [2.75, 3.05) is 19.0 Å². The molecule has 22 heavy (non-hydrogen) atoms. The van der Waals surface area contributed by atoms with Gasteiger partial charge in [-0.3, -0.25) is 4.99 Å². The van der Waals surface area contributed by atoms with E-state index in [1.165, 1.54) is 0 Å². The van der Waals surface area contributed by atoms with E-state index in [1.807, 2.05) is 19.0 Å². The van der Waals surface area contributed by atoms with E-state index >= 15 is 0 Å². The lowest BCUT2D eigenvalue weighted by Crippen LogP contribution is -2.07. The summed E-state index contributed by atoms with van der Waals surface area (Å²) in [5, 5.41) is 0. The first-order valence-corrected chi connectivity index (χ1v) is 6.15. The standard InChI is InChI=1S/C15H11F5N2/c1-22(2)9-5-3-8(4-6-9)21-7-10-11(16)13(18)15(20)14(19)12(10)17/h3-7H,1-2H3. The van der Waals surface area contributed by atoms with Crippen molar-refractivity contribution in [1.29, 1.82) is 0 Å².